The highest BCUT2D eigenvalue weighted by atomic mass is 79.9. The van der Waals surface area contributed by atoms with Crippen LogP contribution in [0.25, 0.3) is 0 Å². The molecule has 3 N–H and O–H groups in total. The summed E-state index contributed by atoms with van der Waals surface area (Å²) in [5.41, 5.74) is 5.08. The van der Waals surface area contributed by atoms with Crippen molar-refractivity contribution in [2.45, 2.75) is 12.6 Å². The molecule has 0 spiro atoms. The third kappa shape index (κ3) is 2.91. The molecule has 0 aliphatic heterocycles. The molecular formula is C8H10Br2N2O2. The minimum Gasteiger partial charge on any atom is -0.390 e. The Morgan fingerprint density at radius 3 is 2.79 bits per heavy atom. The molecule has 78 valence electrons. The minimum absolute atomic E-state index is 0.135. The van der Waals surface area contributed by atoms with Gasteiger partial charge in [-0.3, -0.25) is 4.79 Å². The van der Waals surface area contributed by atoms with Crippen molar-refractivity contribution < 1.29 is 5.11 Å². The zero-order chi connectivity index (χ0) is 10.7. The highest BCUT2D eigenvalue weighted by Crippen LogP contribution is 2.12. The number of aliphatic hydroxyl groups excluding tert-OH is 1. The summed E-state index contributed by atoms with van der Waals surface area (Å²) in [6.07, 6.45) is 0.917. The molecule has 4 nitrogen and oxygen atoms in total. The van der Waals surface area contributed by atoms with E-state index in [1.807, 2.05) is 0 Å². The average Bonchev–Trinajstić information content (AvgIpc) is 2.13. The predicted molar refractivity (Wildman–Crippen MR) is 61.2 cm³/mol. The Hall–Kier alpha value is -0.170. The second-order valence-electron chi connectivity index (χ2n) is 2.85. The first-order valence-corrected chi connectivity index (χ1v) is 5.57. The van der Waals surface area contributed by atoms with E-state index in [4.69, 9.17) is 5.73 Å². The van der Waals surface area contributed by atoms with Crippen LogP contribution >= 0.6 is 31.9 Å². The summed E-state index contributed by atoms with van der Waals surface area (Å²) in [6.45, 7) is 0.337. The Balaban J connectivity index is 3.02. The number of aliphatic hydroxyl groups is 1. The van der Waals surface area contributed by atoms with Gasteiger partial charge in [0.1, 0.15) is 0 Å². The fourth-order valence-corrected chi connectivity index (χ4v) is 2.26. The zero-order valence-electron chi connectivity index (χ0n) is 7.28. The molecule has 0 aromatic carbocycles. The van der Waals surface area contributed by atoms with Crippen LogP contribution in [0.4, 0.5) is 0 Å². The number of rotatable bonds is 3. The van der Waals surface area contributed by atoms with Crippen LogP contribution in [0.1, 0.15) is 0 Å². The minimum atomic E-state index is -0.700. The van der Waals surface area contributed by atoms with E-state index in [1.54, 1.807) is 12.3 Å². The molecule has 6 heteroatoms. The van der Waals surface area contributed by atoms with Gasteiger partial charge in [-0.05, 0) is 37.9 Å². The van der Waals surface area contributed by atoms with Crippen LogP contribution in [0.15, 0.2) is 26.0 Å². The van der Waals surface area contributed by atoms with Crippen molar-refractivity contribution in [3.8, 4) is 0 Å². The van der Waals surface area contributed by atoms with Crippen LogP contribution < -0.4 is 11.3 Å². The van der Waals surface area contributed by atoms with Gasteiger partial charge in [0.05, 0.1) is 17.1 Å². The molecule has 14 heavy (non-hydrogen) atoms. The zero-order valence-corrected chi connectivity index (χ0v) is 10.5. The Labute approximate surface area is 98.0 Å². The molecule has 1 aromatic rings. The van der Waals surface area contributed by atoms with E-state index in [0.29, 0.717) is 4.47 Å². The highest BCUT2D eigenvalue weighted by Gasteiger charge is 2.07. The quantitative estimate of drug-likeness (QED) is 0.859. The number of pyridine rings is 1. The number of hydrogen-bond donors (Lipinski definition) is 2. The molecule has 1 heterocycles. The summed E-state index contributed by atoms with van der Waals surface area (Å²) in [5.74, 6) is 0. The van der Waals surface area contributed by atoms with E-state index in [1.165, 1.54) is 4.57 Å². The third-order valence-corrected chi connectivity index (χ3v) is 2.69. The lowest BCUT2D eigenvalue weighted by molar-refractivity contribution is 0.160. The summed E-state index contributed by atoms with van der Waals surface area (Å²) >= 11 is 6.39. The van der Waals surface area contributed by atoms with Crippen LogP contribution in [-0.4, -0.2) is 22.3 Å². The van der Waals surface area contributed by atoms with E-state index in [-0.39, 0.29) is 18.6 Å². The first kappa shape index (κ1) is 11.9. The lowest BCUT2D eigenvalue weighted by atomic mass is 10.3. The first-order valence-electron chi connectivity index (χ1n) is 3.98. The van der Waals surface area contributed by atoms with E-state index < -0.39 is 6.10 Å². The summed E-state index contributed by atoms with van der Waals surface area (Å²) in [4.78, 5) is 11.5. The van der Waals surface area contributed by atoms with Crippen molar-refractivity contribution in [3.05, 3.63) is 31.6 Å². The number of nitrogens with zero attached hydrogens (tertiary/aromatic N) is 1. The van der Waals surface area contributed by atoms with Gasteiger partial charge in [0.25, 0.3) is 5.56 Å². The fraction of sp³-hybridized carbons (Fsp3) is 0.375. The summed E-state index contributed by atoms with van der Waals surface area (Å²) in [6, 6.07) is 1.66. The van der Waals surface area contributed by atoms with Crippen molar-refractivity contribution >= 4 is 31.9 Å². The van der Waals surface area contributed by atoms with E-state index in [9.17, 15) is 9.90 Å². The molecule has 0 aliphatic rings. The number of hydrogen-bond acceptors (Lipinski definition) is 3. The van der Waals surface area contributed by atoms with Crippen molar-refractivity contribution in [1.82, 2.24) is 4.57 Å². The lowest BCUT2D eigenvalue weighted by Crippen LogP contribution is -2.31. The summed E-state index contributed by atoms with van der Waals surface area (Å²) < 4.78 is 2.63. The van der Waals surface area contributed by atoms with Gasteiger partial charge in [-0.15, -0.1) is 0 Å². The SMILES string of the molecule is NCC(O)Cn1cc(Br)cc(Br)c1=O. The largest absolute Gasteiger partial charge is 0.390 e. The standard InChI is InChI=1S/C8H10Br2N2O2/c9-5-1-7(10)8(14)12(3-5)4-6(13)2-11/h1,3,6,13H,2,4,11H2. The van der Waals surface area contributed by atoms with Crippen LogP contribution in [0.2, 0.25) is 0 Å². The fourth-order valence-electron chi connectivity index (χ4n) is 1.00. The van der Waals surface area contributed by atoms with E-state index >= 15 is 0 Å². The van der Waals surface area contributed by atoms with Crippen molar-refractivity contribution in [2.75, 3.05) is 6.54 Å². The van der Waals surface area contributed by atoms with Gasteiger partial charge < -0.3 is 15.4 Å². The van der Waals surface area contributed by atoms with Crippen molar-refractivity contribution in [2.24, 2.45) is 5.73 Å². The van der Waals surface area contributed by atoms with Gasteiger partial charge in [0.2, 0.25) is 0 Å². The van der Waals surface area contributed by atoms with Crippen molar-refractivity contribution in [3.63, 3.8) is 0 Å². The maximum atomic E-state index is 11.5. The number of aromatic nitrogens is 1. The molecule has 1 atom stereocenters. The van der Waals surface area contributed by atoms with E-state index in [2.05, 4.69) is 31.9 Å². The topological polar surface area (TPSA) is 68.2 Å². The van der Waals surface area contributed by atoms with Gasteiger partial charge in [0.15, 0.2) is 0 Å². The molecule has 0 radical (unpaired) electrons. The molecule has 0 saturated carbocycles. The predicted octanol–water partition coefficient (Wildman–Crippen LogP) is 0.693. The molecule has 0 saturated heterocycles. The van der Waals surface area contributed by atoms with Crippen LogP contribution in [0, 0.1) is 0 Å². The third-order valence-electron chi connectivity index (χ3n) is 1.69. The first-order chi connectivity index (χ1) is 6.54. The van der Waals surface area contributed by atoms with Gasteiger partial charge in [0, 0.05) is 17.2 Å². The Bertz CT molecular complexity index is 378. The van der Waals surface area contributed by atoms with Gasteiger partial charge in [-0.1, -0.05) is 0 Å². The summed E-state index contributed by atoms with van der Waals surface area (Å²) in [7, 11) is 0. The molecule has 1 rings (SSSR count). The van der Waals surface area contributed by atoms with Crippen molar-refractivity contribution in [1.29, 1.82) is 0 Å². The maximum Gasteiger partial charge on any atom is 0.264 e. The number of nitrogens with two attached hydrogens (primary N) is 1. The number of halogens is 2. The average molecular weight is 326 g/mol. The van der Waals surface area contributed by atoms with Crippen LogP contribution in [0.3, 0.4) is 0 Å². The Kier molecular flexibility index (Phi) is 4.31. The maximum absolute atomic E-state index is 11.5. The van der Waals surface area contributed by atoms with Gasteiger partial charge in [-0.2, -0.15) is 0 Å². The summed E-state index contributed by atoms with van der Waals surface area (Å²) in [5, 5.41) is 9.30. The molecule has 0 bridgehead atoms. The van der Waals surface area contributed by atoms with Crippen LogP contribution in [-0.2, 0) is 6.54 Å². The Morgan fingerprint density at radius 1 is 1.57 bits per heavy atom. The van der Waals surface area contributed by atoms with Crippen LogP contribution in [0.5, 0.6) is 0 Å². The van der Waals surface area contributed by atoms with Gasteiger partial charge >= 0.3 is 0 Å². The van der Waals surface area contributed by atoms with E-state index in [0.717, 1.165) is 4.47 Å². The second kappa shape index (κ2) is 5.06. The lowest BCUT2D eigenvalue weighted by Gasteiger charge is -2.10. The Morgan fingerprint density at radius 2 is 2.21 bits per heavy atom. The molecule has 1 unspecified atom stereocenters. The monoisotopic (exact) mass is 324 g/mol. The molecule has 1 aromatic heterocycles. The normalized spacial score (nSPS) is 12.9. The molecule has 0 fully saturated rings. The molecule has 0 amide bonds. The highest BCUT2D eigenvalue weighted by molar-refractivity contribution is 9.11. The smallest absolute Gasteiger partial charge is 0.264 e. The molecule has 0 aliphatic carbocycles. The second-order valence-corrected chi connectivity index (χ2v) is 4.62. The molecular weight excluding hydrogens is 316 g/mol. The van der Waals surface area contributed by atoms with Gasteiger partial charge in [-0.25, -0.2) is 0 Å².